The molecule has 0 aromatic rings. The van der Waals surface area contributed by atoms with Gasteiger partial charge in [-0.1, -0.05) is 12.2 Å². The molecule has 1 saturated carbocycles. The molecule has 2 N–H and O–H groups in total. The van der Waals surface area contributed by atoms with Gasteiger partial charge in [0.2, 0.25) is 0 Å². The van der Waals surface area contributed by atoms with Crippen molar-refractivity contribution >= 4 is 17.2 Å². The molecule has 0 aromatic heterocycles. The SMILES string of the molecule is CCOCCOCC1(CC(N)=S)CC1. The van der Waals surface area contributed by atoms with E-state index < -0.39 is 0 Å². The molecule has 0 bridgehead atoms. The summed E-state index contributed by atoms with van der Waals surface area (Å²) >= 11 is 4.90. The van der Waals surface area contributed by atoms with Gasteiger partial charge in [-0.15, -0.1) is 0 Å². The van der Waals surface area contributed by atoms with Crippen molar-refractivity contribution in [3.63, 3.8) is 0 Å². The van der Waals surface area contributed by atoms with Crippen molar-refractivity contribution < 1.29 is 9.47 Å². The van der Waals surface area contributed by atoms with Gasteiger partial charge < -0.3 is 15.2 Å². The van der Waals surface area contributed by atoms with Crippen molar-refractivity contribution in [3.8, 4) is 0 Å². The largest absolute Gasteiger partial charge is 0.393 e. The van der Waals surface area contributed by atoms with E-state index in [0.29, 0.717) is 18.2 Å². The number of ether oxygens (including phenoxy) is 2. The molecule has 1 fully saturated rings. The first-order valence-corrected chi connectivity index (χ1v) is 5.53. The third-order valence-corrected chi connectivity index (χ3v) is 2.64. The summed E-state index contributed by atoms with van der Waals surface area (Å²) in [5.41, 5.74) is 5.80. The van der Waals surface area contributed by atoms with Crippen LogP contribution in [0.3, 0.4) is 0 Å². The molecule has 0 heterocycles. The maximum Gasteiger partial charge on any atom is 0.0733 e. The summed E-state index contributed by atoms with van der Waals surface area (Å²) < 4.78 is 10.7. The molecule has 0 radical (unpaired) electrons. The Morgan fingerprint density at radius 1 is 1.36 bits per heavy atom. The number of thiocarbonyl (C=S) groups is 1. The van der Waals surface area contributed by atoms with Gasteiger partial charge in [0.05, 0.1) is 24.8 Å². The highest BCUT2D eigenvalue weighted by atomic mass is 32.1. The van der Waals surface area contributed by atoms with Gasteiger partial charge in [-0.05, 0) is 19.8 Å². The Morgan fingerprint density at radius 2 is 2.00 bits per heavy atom. The van der Waals surface area contributed by atoms with E-state index in [2.05, 4.69) is 0 Å². The topological polar surface area (TPSA) is 44.5 Å². The summed E-state index contributed by atoms with van der Waals surface area (Å²) in [5.74, 6) is 0. The molecule has 14 heavy (non-hydrogen) atoms. The van der Waals surface area contributed by atoms with Crippen molar-refractivity contribution in [1.82, 2.24) is 0 Å². The molecule has 0 unspecified atom stereocenters. The lowest BCUT2D eigenvalue weighted by Gasteiger charge is -2.14. The third kappa shape index (κ3) is 4.35. The second-order valence-electron chi connectivity index (χ2n) is 3.89. The van der Waals surface area contributed by atoms with Crippen LogP contribution in [-0.4, -0.2) is 31.4 Å². The standard InChI is InChI=1S/C10H19NO2S/c1-2-12-5-6-13-8-10(3-4-10)7-9(11)14/h2-8H2,1H3,(H2,11,14). The molecular formula is C10H19NO2S. The molecule has 1 aliphatic carbocycles. The summed E-state index contributed by atoms with van der Waals surface area (Å²) in [6, 6.07) is 0. The van der Waals surface area contributed by atoms with Crippen LogP contribution in [0.4, 0.5) is 0 Å². The quantitative estimate of drug-likeness (QED) is 0.494. The van der Waals surface area contributed by atoms with Crippen LogP contribution in [0.1, 0.15) is 26.2 Å². The minimum absolute atomic E-state index is 0.276. The fourth-order valence-corrected chi connectivity index (χ4v) is 1.78. The Labute approximate surface area is 90.9 Å². The average molecular weight is 217 g/mol. The molecule has 0 aromatic carbocycles. The maximum absolute atomic E-state index is 5.52. The fraction of sp³-hybridized carbons (Fsp3) is 0.900. The zero-order valence-corrected chi connectivity index (χ0v) is 9.57. The van der Waals surface area contributed by atoms with Crippen molar-refractivity contribution in [1.29, 1.82) is 0 Å². The normalized spacial score (nSPS) is 18.1. The van der Waals surface area contributed by atoms with Crippen LogP contribution in [0, 0.1) is 5.41 Å². The summed E-state index contributed by atoms with van der Waals surface area (Å²) in [6.45, 7) is 4.86. The molecule has 1 rings (SSSR count). The molecule has 3 nitrogen and oxygen atoms in total. The van der Waals surface area contributed by atoms with E-state index in [9.17, 15) is 0 Å². The van der Waals surface area contributed by atoms with Crippen LogP contribution in [0.5, 0.6) is 0 Å². The zero-order valence-electron chi connectivity index (χ0n) is 8.75. The summed E-state index contributed by atoms with van der Waals surface area (Å²) in [7, 11) is 0. The molecule has 82 valence electrons. The van der Waals surface area contributed by atoms with Gasteiger partial charge in [-0.3, -0.25) is 0 Å². The fourth-order valence-electron chi connectivity index (χ4n) is 1.47. The van der Waals surface area contributed by atoms with E-state index in [-0.39, 0.29) is 5.41 Å². The summed E-state index contributed by atoms with van der Waals surface area (Å²) in [6.07, 6.45) is 3.22. The predicted octanol–water partition coefficient (Wildman–Crippen LogP) is 1.50. The van der Waals surface area contributed by atoms with E-state index in [4.69, 9.17) is 27.4 Å². The van der Waals surface area contributed by atoms with E-state index in [1.807, 2.05) is 6.92 Å². The van der Waals surface area contributed by atoms with Gasteiger partial charge >= 0.3 is 0 Å². The minimum atomic E-state index is 0.276. The van der Waals surface area contributed by atoms with Gasteiger partial charge in [-0.25, -0.2) is 0 Å². The molecule has 0 atom stereocenters. The Kier molecular flexibility index (Phi) is 4.78. The monoisotopic (exact) mass is 217 g/mol. The Hall–Kier alpha value is -0.190. The van der Waals surface area contributed by atoms with Crippen molar-refractivity contribution in [2.45, 2.75) is 26.2 Å². The first-order valence-electron chi connectivity index (χ1n) is 5.12. The average Bonchev–Trinajstić information content (AvgIpc) is 2.84. The van der Waals surface area contributed by atoms with E-state index in [0.717, 1.165) is 19.6 Å². The van der Waals surface area contributed by atoms with Crippen LogP contribution in [0.2, 0.25) is 0 Å². The molecule has 0 amide bonds. The van der Waals surface area contributed by atoms with E-state index in [1.54, 1.807) is 0 Å². The van der Waals surface area contributed by atoms with E-state index >= 15 is 0 Å². The predicted molar refractivity (Wildman–Crippen MR) is 60.4 cm³/mol. The molecule has 0 spiro atoms. The number of rotatable bonds is 8. The highest BCUT2D eigenvalue weighted by Crippen LogP contribution is 2.48. The lowest BCUT2D eigenvalue weighted by atomic mass is 10.0. The number of hydrogen-bond donors (Lipinski definition) is 1. The highest BCUT2D eigenvalue weighted by Gasteiger charge is 2.43. The summed E-state index contributed by atoms with van der Waals surface area (Å²) in [5, 5.41) is 0. The van der Waals surface area contributed by atoms with E-state index in [1.165, 1.54) is 12.8 Å². The van der Waals surface area contributed by atoms with Crippen LogP contribution in [0.25, 0.3) is 0 Å². The molecule has 4 heteroatoms. The minimum Gasteiger partial charge on any atom is -0.393 e. The molecule has 0 saturated heterocycles. The van der Waals surface area contributed by atoms with Crippen molar-refractivity contribution in [2.75, 3.05) is 26.4 Å². The maximum atomic E-state index is 5.52. The highest BCUT2D eigenvalue weighted by molar-refractivity contribution is 7.80. The molecule has 0 aliphatic heterocycles. The van der Waals surface area contributed by atoms with Crippen LogP contribution in [0.15, 0.2) is 0 Å². The molecular weight excluding hydrogens is 198 g/mol. The zero-order chi connectivity index (χ0) is 10.4. The smallest absolute Gasteiger partial charge is 0.0733 e. The van der Waals surface area contributed by atoms with Gasteiger partial charge in [-0.2, -0.15) is 0 Å². The van der Waals surface area contributed by atoms with Crippen molar-refractivity contribution in [2.24, 2.45) is 11.1 Å². The van der Waals surface area contributed by atoms with Crippen LogP contribution >= 0.6 is 12.2 Å². The Morgan fingerprint density at radius 3 is 2.50 bits per heavy atom. The first kappa shape index (κ1) is 11.9. The first-order chi connectivity index (χ1) is 6.68. The number of hydrogen-bond acceptors (Lipinski definition) is 3. The Balaban J connectivity index is 2.03. The lowest BCUT2D eigenvalue weighted by molar-refractivity contribution is 0.0338. The molecule has 1 aliphatic rings. The van der Waals surface area contributed by atoms with Gasteiger partial charge in [0.1, 0.15) is 0 Å². The van der Waals surface area contributed by atoms with Gasteiger partial charge in [0, 0.05) is 18.4 Å². The second kappa shape index (κ2) is 5.63. The second-order valence-corrected chi connectivity index (χ2v) is 4.42. The lowest BCUT2D eigenvalue weighted by Crippen LogP contribution is -2.20. The van der Waals surface area contributed by atoms with Gasteiger partial charge in [0.25, 0.3) is 0 Å². The van der Waals surface area contributed by atoms with Crippen LogP contribution in [-0.2, 0) is 9.47 Å². The summed E-state index contributed by atoms with van der Waals surface area (Å²) in [4.78, 5) is 0.607. The van der Waals surface area contributed by atoms with Gasteiger partial charge in [0.15, 0.2) is 0 Å². The van der Waals surface area contributed by atoms with Crippen LogP contribution < -0.4 is 5.73 Å². The van der Waals surface area contributed by atoms with Crippen molar-refractivity contribution in [3.05, 3.63) is 0 Å². The number of nitrogens with two attached hydrogens (primary N) is 1. The third-order valence-electron chi connectivity index (χ3n) is 2.49. The Bertz CT molecular complexity index is 193.